The second kappa shape index (κ2) is 5.81. The first kappa shape index (κ1) is 12.1. The van der Waals surface area contributed by atoms with Gasteiger partial charge in [-0.3, -0.25) is 4.79 Å². The maximum absolute atomic E-state index is 11.6. The molecule has 0 radical (unpaired) electrons. The molecule has 0 amide bonds. The summed E-state index contributed by atoms with van der Waals surface area (Å²) in [5.41, 5.74) is 0.743. The Bertz CT molecular complexity index is 347. The molecular formula is C12H16O2S. The Morgan fingerprint density at radius 3 is 2.60 bits per heavy atom. The van der Waals surface area contributed by atoms with Gasteiger partial charge in [-0.15, -0.1) is 11.8 Å². The minimum atomic E-state index is 0.159. The SMILES string of the molecule is CCOc1cc(SC)cc(C(=O)CC)c1. The van der Waals surface area contributed by atoms with Crippen molar-refractivity contribution in [3.63, 3.8) is 0 Å². The zero-order valence-corrected chi connectivity index (χ0v) is 10.2. The molecule has 0 aliphatic heterocycles. The fourth-order valence-electron chi connectivity index (χ4n) is 1.30. The smallest absolute Gasteiger partial charge is 0.162 e. The standard InChI is InChI=1S/C12H16O2S/c1-4-12(13)9-6-10(14-5-2)8-11(7-9)15-3/h6-8H,4-5H2,1-3H3. The van der Waals surface area contributed by atoms with Crippen molar-refractivity contribution in [2.45, 2.75) is 25.2 Å². The Hall–Kier alpha value is -0.960. The van der Waals surface area contributed by atoms with Gasteiger partial charge in [0.15, 0.2) is 5.78 Å². The van der Waals surface area contributed by atoms with Crippen LogP contribution in [0.3, 0.4) is 0 Å². The van der Waals surface area contributed by atoms with Crippen LogP contribution in [0.5, 0.6) is 5.75 Å². The van der Waals surface area contributed by atoms with Crippen LogP contribution in [0.1, 0.15) is 30.6 Å². The molecule has 0 unspecified atom stereocenters. The van der Waals surface area contributed by atoms with Crippen molar-refractivity contribution in [1.29, 1.82) is 0 Å². The van der Waals surface area contributed by atoms with E-state index in [0.717, 1.165) is 16.2 Å². The fraction of sp³-hybridized carbons (Fsp3) is 0.417. The number of Topliss-reactive ketones (excluding diaryl/α,β-unsaturated/α-hetero) is 1. The number of hydrogen-bond donors (Lipinski definition) is 0. The molecule has 1 aromatic carbocycles. The molecule has 0 fully saturated rings. The van der Waals surface area contributed by atoms with Gasteiger partial charge in [-0.25, -0.2) is 0 Å². The molecule has 1 rings (SSSR count). The second-order valence-electron chi connectivity index (χ2n) is 3.11. The summed E-state index contributed by atoms with van der Waals surface area (Å²) in [6, 6.07) is 5.69. The molecule has 0 atom stereocenters. The third-order valence-electron chi connectivity index (χ3n) is 2.07. The highest BCUT2D eigenvalue weighted by Gasteiger charge is 2.07. The third kappa shape index (κ3) is 3.27. The van der Waals surface area contributed by atoms with Gasteiger partial charge in [0.05, 0.1) is 6.61 Å². The van der Waals surface area contributed by atoms with E-state index < -0.39 is 0 Å². The van der Waals surface area contributed by atoms with Crippen LogP contribution in [0, 0.1) is 0 Å². The van der Waals surface area contributed by atoms with E-state index in [-0.39, 0.29) is 5.78 Å². The molecule has 0 aliphatic carbocycles. The van der Waals surface area contributed by atoms with Gasteiger partial charge in [-0.1, -0.05) is 6.92 Å². The summed E-state index contributed by atoms with van der Waals surface area (Å²) in [5.74, 6) is 0.938. The lowest BCUT2D eigenvalue weighted by Crippen LogP contribution is -1.99. The van der Waals surface area contributed by atoms with Crippen LogP contribution in [-0.4, -0.2) is 18.6 Å². The Morgan fingerprint density at radius 2 is 2.07 bits per heavy atom. The number of benzene rings is 1. The quantitative estimate of drug-likeness (QED) is 0.566. The zero-order chi connectivity index (χ0) is 11.3. The molecule has 0 saturated heterocycles. The van der Waals surface area contributed by atoms with E-state index in [4.69, 9.17) is 4.74 Å². The normalized spacial score (nSPS) is 10.1. The molecule has 0 N–H and O–H groups in total. The van der Waals surface area contributed by atoms with Crippen LogP contribution in [0.25, 0.3) is 0 Å². The van der Waals surface area contributed by atoms with Crippen LogP contribution in [0.2, 0.25) is 0 Å². The monoisotopic (exact) mass is 224 g/mol. The van der Waals surface area contributed by atoms with E-state index in [0.29, 0.717) is 13.0 Å². The maximum atomic E-state index is 11.6. The van der Waals surface area contributed by atoms with Gasteiger partial charge in [0.2, 0.25) is 0 Å². The number of ether oxygens (including phenoxy) is 1. The topological polar surface area (TPSA) is 26.3 Å². The molecule has 0 bridgehead atoms. The average Bonchev–Trinajstić information content (AvgIpc) is 2.28. The molecule has 0 aliphatic rings. The van der Waals surface area contributed by atoms with Crippen molar-refractivity contribution in [3.8, 4) is 5.75 Å². The molecule has 0 heterocycles. The van der Waals surface area contributed by atoms with Crippen LogP contribution in [0.4, 0.5) is 0 Å². The number of carbonyl (C=O) groups excluding carboxylic acids is 1. The highest BCUT2D eigenvalue weighted by atomic mass is 32.2. The Balaban J connectivity index is 3.05. The molecular weight excluding hydrogens is 208 g/mol. The molecule has 2 nitrogen and oxygen atoms in total. The van der Waals surface area contributed by atoms with Gasteiger partial charge in [0.25, 0.3) is 0 Å². The number of hydrogen-bond acceptors (Lipinski definition) is 3. The lowest BCUT2D eigenvalue weighted by atomic mass is 10.1. The number of carbonyl (C=O) groups is 1. The molecule has 15 heavy (non-hydrogen) atoms. The first-order chi connectivity index (χ1) is 7.21. The predicted octanol–water partition coefficient (Wildman–Crippen LogP) is 3.40. The Morgan fingerprint density at radius 1 is 1.33 bits per heavy atom. The molecule has 1 aromatic rings. The van der Waals surface area contributed by atoms with Gasteiger partial charge < -0.3 is 4.74 Å². The van der Waals surface area contributed by atoms with Crippen molar-refractivity contribution in [3.05, 3.63) is 23.8 Å². The summed E-state index contributed by atoms with van der Waals surface area (Å²) in [6.07, 6.45) is 2.52. The highest BCUT2D eigenvalue weighted by Crippen LogP contribution is 2.24. The maximum Gasteiger partial charge on any atom is 0.162 e. The lowest BCUT2D eigenvalue weighted by molar-refractivity contribution is 0.0987. The van der Waals surface area contributed by atoms with Gasteiger partial charge in [0.1, 0.15) is 5.75 Å². The summed E-state index contributed by atoms with van der Waals surface area (Å²) >= 11 is 1.62. The number of thioether (sulfide) groups is 1. The third-order valence-corrected chi connectivity index (χ3v) is 2.78. The largest absolute Gasteiger partial charge is 0.494 e. The zero-order valence-electron chi connectivity index (χ0n) is 9.37. The van der Waals surface area contributed by atoms with Crippen LogP contribution in [-0.2, 0) is 0 Å². The van der Waals surface area contributed by atoms with Crippen LogP contribution >= 0.6 is 11.8 Å². The van der Waals surface area contributed by atoms with E-state index in [1.165, 1.54) is 0 Å². The molecule has 0 aromatic heterocycles. The summed E-state index contributed by atoms with van der Waals surface area (Å²) < 4.78 is 5.42. The number of rotatable bonds is 5. The van der Waals surface area contributed by atoms with E-state index in [1.54, 1.807) is 11.8 Å². The van der Waals surface area contributed by atoms with Crippen LogP contribution < -0.4 is 4.74 Å². The summed E-state index contributed by atoms with van der Waals surface area (Å²) in [4.78, 5) is 12.6. The van der Waals surface area contributed by atoms with E-state index in [9.17, 15) is 4.79 Å². The summed E-state index contributed by atoms with van der Waals surface area (Å²) in [6.45, 7) is 4.43. The molecule has 0 spiro atoms. The van der Waals surface area contributed by atoms with Crippen molar-refractivity contribution in [1.82, 2.24) is 0 Å². The molecule has 3 heteroatoms. The van der Waals surface area contributed by atoms with E-state index in [2.05, 4.69) is 0 Å². The van der Waals surface area contributed by atoms with Gasteiger partial charge in [-0.2, -0.15) is 0 Å². The predicted molar refractivity (Wildman–Crippen MR) is 64.0 cm³/mol. The lowest BCUT2D eigenvalue weighted by Gasteiger charge is -2.07. The Kier molecular flexibility index (Phi) is 4.69. The van der Waals surface area contributed by atoms with Crippen molar-refractivity contribution in [2.24, 2.45) is 0 Å². The van der Waals surface area contributed by atoms with E-state index >= 15 is 0 Å². The van der Waals surface area contributed by atoms with Crippen molar-refractivity contribution in [2.75, 3.05) is 12.9 Å². The second-order valence-corrected chi connectivity index (χ2v) is 3.99. The van der Waals surface area contributed by atoms with Crippen molar-refractivity contribution >= 4 is 17.5 Å². The summed E-state index contributed by atoms with van der Waals surface area (Å²) in [7, 11) is 0. The highest BCUT2D eigenvalue weighted by molar-refractivity contribution is 7.98. The fourth-order valence-corrected chi connectivity index (χ4v) is 1.78. The first-order valence-electron chi connectivity index (χ1n) is 5.06. The van der Waals surface area contributed by atoms with E-state index in [1.807, 2.05) is 38.3 Å². The average molecular weight is 224 g/mol. The first-order valence-corrected chi connectivity index (χ1v) is 6.28. The minimum Gasteiger partial charge on any atom is -0.494 e. The van der Waals surface area contributed by atoms with Crippen molar-refractivity contribution < 1.29 is 9.53 Å². The molecule has 82 valence electrons. The van der Waals surface area contributed by atoms with Gasteiger partial charge in [-0.05, 0) is 31.4 Å². The molecule has 0 saturated carbocycles. The van der Waals surface area contributed by atoms with Gasteiger partial charge in [0, 0.05) is 16.9 Å². The van der Waals surface area contributed by atoms with Gasteiger partial charge >= 0.3 is 0 Å². The van der Waals surface area contributed by atoms with Crippen LogP contribution in [0.15, 0.2) is 23.1 Å². The summed E-state index contributed by atoms with van der Waals surface area (Å²) in [5, 5.41) is 0. The Labute approximate surface area is 95.0 Å². The minimum absolute atomic E-state index is 0.159. The number of ketones is 1.